The Hall–Kier alpha value is -3.28. The van der Waals surface area contributed by atoms with Crippen molar-refractivity contribution in [2.24, 2.45) is 0 Å². The first-order chi connectivity index (χ1) is 11.8. The zero-order valence-corrected chi connectivity index (χ0v) is 12.7. The smallest absolute Gasteiger partial charge is 0.137 e. The van der Waals surface area contributed by atoms with Crippen molar-refractivity contribution in [2.75, 3.05) is 5.32 Å². The minimum atomic E-state index is -0.286. The molecular formula is C18H14FN5. The molecule has 0 unspecified atom stereocenters. The lowest BCUT2D eigenvalue weighted by molar-refractivity contribution is 0.629. The Labute approximate surface area is 137 Å². The van der Waals surface area contributed by atoms with E-state index in [1.165, 1.54) is 12.1 Å². The van der Waals surface area contributed by atoms with Crippen molar-refractivity contribution in [3.63, 3.8) is 0 Å². The monoisotopic (exact) mass is 319 g/mol. The molecule has 4 rings (SSSR count). The van der Waals surface area contributed by atoms with E-state index < -0.39 is 0 Å². The van der Waals surface area contributed by atoms with Crippen LogP contribution in [-0.4, -0.2) is 19.5 Å². The van der Waals surface area contributed by atoms with Crippen molar-refractivity contribution in [2.45, 2.75) is 6.54 Å². The largest absolute Gasteiger partial charge is 0.380 e. The molecule has 118 valence electrons. The summed E-state index contributed by atoms with van der Waals surface area (Å²) in [5.74, 6) is 0.535. The van der Waals surface area contributed by atoms with Gasteiger partial charge in [-0.2, -0.15) is 0 Å². The lowest BCUT2D eigenvalue weighted by Crippen LogP contribution is -2.02. The van der Waals surface area contributed by atoms with Gasteiger partial charge in [0, 0.05) is 48.5 Å². The van der Waals surface area contributed by atoms with Crippen molar-refractivity contribution in [1.29, 1.82) is 0 Å². The van der Waals surface area contributed by atoms with E-state index in [-0.39, 0.29) is 5.82 Å². The number of rotatable bonds is 4. The van der Waals surface area contributed by atoms with Gasteiger partial charge in [-0.15, -0.1) is 0 Å². The predicted molar refractivity (Wildman–Crippen MR) is 90.4 cm³/mol. The topological polar surface area (TPSA) is 55.6 Å². The van der Waals surface area contributed by atoms with Crippen molar-refractivity contribution in [1.82, 2.24) is 19.5 Å². The first-order valence-electron chi connectivity index (χ1n) is 7.51. The van der Waals surface area contributed by atoms with Gasteiger partial charge in [0.25, 0.3) is 0 Å². The van der Waals surface area contributed by atoms with E-state index in [2.05, 4.69) is 20.3 Å². The Morgan fingerprint density at radius 3 is 2.79 bits per heavy atom. The van der Waals surface area contributed by atoms with E-state index in [4.69, 9.17) is 0 Å². The molecule has 3 heterocycles. The first kappa shape index (κ1) is 14.3. The fourth-order valence-corrected chi connectivity index (χ4v) is 2.54. The number of aromatic nitrogens is 4. The number of halogens is 1. The molecule has 1 N–H and O–H groups in total. The summed E-state index contributed by atoms with van der Waals surface area (Å²) < 4.78 is 15.1. The highest BCUT2D eigenvalue weighted by molar-refractivity contribution is 5.90. The van der Waals surface area contributed by atoms with Gasteiger partial charge in [-0.05, 0) is 29.8 Å². The van der Waals surface area contributed by atoms with Gasteiger partial charge in [0.1, 0.15) is 18.0 Å². The van der Waals surface area contributed by atoms with E-state index >= 15 is 0 Å². The number of hydrogen-bond donors (Lipinski definition) is 1. The van der Waals surface area contributed by atoms with E-state index in [0.717, 1.165) is 22.5 Å². The third-order valence-corrected chi connectivity index (χ3v) is 3.77. The maximum atomic E-state index is 13.3. The molecule has 0 saturated heterocycles. The molecule has 1 aromatic carbocycles. The average molecular weight is 319 g/mol. The molecule has 0 bridgehead atoms. The number of nitrogens with one attached hydrogen (secondary N) is 1. The average Bonchev–Trinajstić information content (AvgIpc) is 3.14. The Morgan fingerprint density at radius 1 is 1.04 bits per heavy atom. The molecule has 0 aliphatic heterocycles. The summed E-state index contributed by atoms with van der Waals surface area (Å²) in [6, 6.07) is 10.4. The molecule has 24 heavy (non-hydrogen) atoms. The third-order valence-electron chi connectivity index (χ3n) is 3.77. The number of benzene rings is 1. The standard InChI is InChI=1S/C18H14FN5/c19-14-2-3-15-16(5-6-21-17(15)9-14)22-10-13-1-4-18(23-11-13)24-8-7-20-12-24/h1-9,11-12H,10H2,(H,21,22). The molecule has 0 fully saturated rings. The summed E-state index contributed by atoms with van der Waals surface area (Å²) in [6.45, 7) is 0.619. The van der Waals surface area contributed by atoms with Crippen molar-refractivity contribution >= 4 is 16.6 Å². The second-order valence-corrected chi connectivity index (χ2v) is 5.37. The number of anilines is 1. The fraction of sp³-hybridized carbons (Fsp3) is 0.0556. The van der Waals surface area contributed by atoms with Gasteiger partial charge in [-0.25, -0.2) is 14.4 Å². The third kappa shape index (κ3) is 2.81. The summed E-state index contributed by atoms with van der Waals surface area (Å²) in [4.78, 5) is 12.6. The molecule has 6 heteroatoms. The van der Waals surface area contributed by atoms with E-state index in [1.807, 2.05) is 35.2 Å². The molecule has 5 nitrogen and oxygen atoms in total. The highest BCUT2D eigenvalue weighted by Gasteiger charge is 2.04. The molecular weight excluding hydrogens is 305 g/mol. The quantitative estimate of drug-likeness (QED) is 0.625. The molecule has 0 radical (unpaired) electrons. The highest BCUT2D eigenvalue weighted by atomic mass is 19.1. The van der Waals surface area contributed by atoms with Gasteiger partial charge >= 0.3 is 0 Å². The van der Waals surface area contributed by atoms with Crippen LogP contribution in [0.5, 0.6) is 0 Å². The fourth-order valence-electron chi connectivity index (χ4n) is 2.54. The maximum Gasteiger partial charge on any atom is 0.137 e. The SMILES string of the molecule is Fc1ccc2c(NCc3ccc(-n4ccnc4)nc3)ccnc2c1. The summed E-state index contributed by atoms with van der Waals surface area (Å²) in [6.07, 6.45) is 8.77. The summed E-state index contributed by atoms with van der Waals surface area (Å²) in [5, 5.41) is 4.25. The van der Waals surface area contributed by atoms with Crippen molar-refractivity contribution in [3.8, 4) is 5.82 Å². The minimum Gasteiger partial charge on any atom is -0.380 e. The minimum absolute atomic E-state index is 0.286. The number of imidazole rings is 1. The Bertz CT molecular complexity index is 965. The molecule has 0 saturated carbocycles. The zero-order chi connectivity index (χ0) is 16.4. The van der Waals surface area contributed by atoms with E-state index in [9.17, 15) is 4.39 Å². The second kappa shape index (κ2) is 6.08. The number of nitrogens with zero attached hydrogens (tertiary/aromatic N) is 4. The Morgan fingerprint density at radius 2 is 2.00 bits per heavy atom. The van der Waals surface area contributed by atoms with Crippen LogP contribution >= 0.6 is 0 Å². The molecule has 0 amide bonds. The lowest BCUT2D eigenvalue weighted by Gasteiger charge is -2.10. The van der Waals surface area contributed by atoms with Crippen molar-refractivity contribution in [3.05, 3.63) is 78.9 Å². The summed E-state index contributed by atoms with van der Waals surface area (Å²) in [7, 11) is 0. The zero-order valence-electron chi connectivity index (χ0n) is 12.7. The number of pyridine rings is 2. The van der Waals surface area contributed by atoms with Gasteiger partial charge in [0.2, 0.25) is 0 Å². The first-order valence-corrected chi connectivity index (χ1v) is 7.51. The van der Waals surface area contributed by atoms with Gasteiger partial charge in [0.15, 0.2) is 0 Å². The second-order valence-electron chi connectivity index (χ2n) is 5.37. The van der Waals surface area contributed by atoms with Gasteiger partial charge in [-0.3, -0.25) is 9.55 Å². The predicted octanol–water partition coefficient (Wildman–Crippen LogP) is 3.57. The highest BCUT2D eigenvalue weighted by Crippen LogP contribution is 2.22. The lowest BCUT2D eigenvalue weighted by atomic mass is 10.1. The van der Waals surface area contributed by atoms with Gasteiger partial charge in [0.05, 0.1) is 5.52 Å². The van der Waals surface area contributed by atoms with E-state index in [1.54, 1.807) is 24.8 Å². The Kier molecular flexibility index (Phi) is 3.63. The molecule has 0 aliphatic carbocycles. The van der Waals surface area contributed by atoms with Crippen LogP contribution in [0.3, 0.4) is 0 Å². The number of hydrogen-bond acceptors (Lipinski definition) is 4. The van der Waals surface area contributed by atoms with Crippen LogP contribution in [0.4, 0.5) is 10.1 Å². The van der Waals surface area contributed by atoms with Gasteiger partial charge < -0.3 is 5.32 Å². The van der Waals surface area contributed by atoms with Crippen LogP contribution in [0.2, 0.25) is 0 Å². The van der Waals surface area contributed by atoms with Crippen LogP contribution in [0.25, 0.3) is 16.7 Å². The van der Waals surface area contributed by atoms with Crippen LogP contribution in [0.15, 0.2) is 67.5 Å². The molecule has 0 aliphatic rings. The van der Waals surface area contributed by atoms with Crippen LogP contribution in [-0.2, 0) is 6.54 Å². The van der Waals surface area contributed by atoms with Gasteiger partial charge in [-0.1, -0.05) is 6.07 Å². The van der Waals surface area contributed by atoms with Crippen LogP contribution in [0.1, 0.15) is 5.56 Å². The summed E-state index contributed by atoms with van der Waals surface area (Å²) in [5.41, 5.74) is 2.60. The van der Waals surface area contributed by atoms with Crippen molar-refractivity contribution < 1.29 is 4.39 Å². The number of fused-ring (bicyclic) bond motifs is 1. The normalized spacial score (nSPS) is 10.9. The van der Waals surface area contributed by atoms with Crippen LogP contribution < -0.4 is 5.32 Å². The maximum absolute atomic E-state index is 13.3. The summed E-state index contributed by atoms with van der Waals surface area (Å²) >= 11 is 0. The van der Waals surface area contributed by atoms with E-state index in [0.29, 0.717) is 12.1 Å². The molecule has 4 aromatic rings. The molecule has 0 atom stereocenters. The molecule has 3 aromatic heterocycles. The molecule has 0 spiro atoms. The van der Waals surface area contributed by atoms with Crippen LogP contribution in [0, 0.1) is 5.82 Å². The Balaban J connectivity index is 1.53.